The number of rotatable bonds is 6. The average molecular weight is 359 g/mol. The lowest BCUT2D eigenvalue weighted by atomic mass is 9.99. The molecule has 0 radical (unpaired) electrons. The number of likely N-dealkylation sites (tertiary alicyclic amines) is 1. The highest BCUT2D eigenvalue weighted by molar-refractivity contribution is 5.95. The minimum Gasteiger partial charge on any atom is -0.376 e. The summed E-state index contributed by atoms with van der Waals surface area (Å²) < 4.78 is 5.52. The molecule has 6 heteroatoms. The smallest absolute Gasteiger partial charge is 0.251 e. The Morgan fingerprint density at radius 1 is 1.23 bits per heavy atom. The van der Waals surface area contributed by atoms with Gasteiger partial charge in [0.05, 0.1) is 12.6 Å². The fourth-order valence-electron chi connectivity index (χ4n) is 3.43. The first-order chi connectivity index (χ1) is 12.6. The molecule has 2 aliphatic rings. The Morgan fingerprint density at radius 3 is 2.77 bits per heavy atom. The molecule has 1 unspecified atom stereocenters. The van der Waals surface area contributed by atoms with Crippen LogP contribution in [-0.2, 0) is 9.53 Å². The second-order valence-electron chi connectivity index (χ2n) is 7.34. The highest BCUT2D eigenvalue weighted by Gasteiger charge is 2.20. The molecule has 0 aromatic heterocycles. The maximum absolute atomic E-state index is 12.3. The Hall–Kier alpha value is -2.08. The fourth-order valence-corrected chi connectivity index (χ4v) is 3.43. The van der Waals surface area contributed by atoms with Gasteiger partial charge in [0, 0.05) is 37.5 Å². The fraction of sp³-hybridized carbons (Fsp3) is 0.600. The number of amides is 2. The topological polar surface area (TPSA) is 70.7 Å². The molecule has 0 saturated carbocycles. The molecule has 2 aliphatic heterocycles. The Bertz CT molecular complexity index is 620. The van der Waals surface area contributed by atoms with Crippen molar-refractivity contribution < 1.29 is 14.3 Å². The SMILES string of the molecule is CC1CCN(C(=O)CNc2cccc(C(=O)NCC3CCCO3)c2)CC1. The summed E-state index contributed by atoms with van der Waals surface area (Å²) in [6.45, 7) is 5.50. The molecule has 2 heterocycles. The molecule has 1 aromatic carbocycles. The van der Waals surface area contributed by atoms with E-state index in [-0.39, 0.29) is 24.5 Å². The van der Waals surface area contributed by atoms with Gasteiger partial charge in [-0.25, -0.2) is 0 Å². The van der Waals surface area contributed by atoms with E-state index >= 15 is 0 Å². The average Bonchev–Trinajstić information content (AvgIpc) is 3.18. The van der Waals surface area contributed by atoms with Crippen molar-refractivity contribution in [3.8, 4) is 0 Å². The van der Waals surface area contributed by atoms with Gasteiger partial charge >= 0.3 is 0 Å². The number of piperidine rings is 1. The van der Waals surface area contributed by atoms with Gasteiger partial charge in [-0.3, -0.25) is 9.59 Å². The Kier molecular flexibility index (Phi) is 6.50. The lowest BCUT2D eigenvalue weighted by Gasteiger charge is -2.30. The molecule has 1 aromatic rings. The van der Waals surface area contributed by atoms with E-state index in [4.69, 9.17) is 4.74 Å². The first-order valence-corrected chi connectivity index (χ1v) is 9.63. The lowest BCUT2D eigenvalue weighted by molar-refractivity contribution is -0.130. The number of benzene rings is 1. The van der Waals surface area contributed by atoms with Crippen LogP contribution >= 0.6 is 0 Å². The van der Waals surface area contributed by atoms with Crippen LogP contribution in [0.3, 0.4) is 0 Å². The lowest BCUT2D eigenvalue weighted by Crippen LogP contribution is -2.40. The largest absolute Gasteiger partial charge is 0.376 e. The number of hydrogen-bond acceptors (Lipinski definition) is 4. The third-order valence-electron chi connectivity index (χ3n) is 5.22. The summed E-state index contributed by atoms with van der Waals surface area (Å²) >= 11 is 0. The van der Waals surface area contributed by atoms with E-state index in [9.17, 15) is 9.59 Å². The molecule has 2 saturated heterocycles. The van der Waals surface area contributed by atoms with Crippen molar-refractivity contribution in [3.05, 3.63) is 29.8 Å². The summed E-state index contributed by atoms with van der Waals surface area (Å²) in [6, 6.07) is 7.28. The highest BCUT2D eigenvalue weighted by Crippen LogP contribution is 2.17. The minimum atomic E-state index is -0.111. The van der Waals surface area contributed by atoms with Gasteiger partial charge in [-0.05, 0) is 49.8 Å². The van der Waals surface area contributed by atoms with Gasteiger partial charge in [0.2, 0.25) is 5.91 Å². The third-order valence-corrected chi connectivity index (χ3v) is 5.22. The Morgan fingerprint density at radius 2 is 2.04 bits per heavy atom. The van der Waals surface area contributed by atoms with Crippen molar-refractivity contribution in [1.82, 2.24) is 10.2 Å². The van der Waals surface area contributed by atoms with Crippen LogP contribution in [0.4, 0.5) is 5.69 Å². The van der Waals surface area contributed by atoms with E-state index in [1.54, 1.807) is 12.1 Å². The monoisotopic (exact) mass is 359 g/mol. The van der Waals surface area contributed by atoms with Crippen LogP contribution in [0.25, 0.3) is 0 Å². The zero-order valence-electron chi connectivity index (χ0n) is 15.5. The molecule has 1 atom stereocenters. The van der Waals surface area contributed by atoms with Crippen molar-refractivity contribution in [2.45, 2.75) is 38.7 Å². The van der Waals surface area contributed by atoms with Crippen LogP contribution in [0.5, 0.6) is 0 Å². The molecule has 0 aliphatic carbocycles. The van der Waals surface area contributed by atoms with Crippen LogP contribution in [0, 0.1) is 5.92 Å². The van der Waals surface area contributed by atoms with Crippen LogP contribution < -0.4 is 10.6 Å². The van der Waals surface area contributed by atoms with Gasteiger partial charge < -0.3 is 20.3 Å². The summed E-state index contributed by atoms with van der Waals surface area (Å²) in [6.07, 6.45) is 4.34. The molecule has 142 valence electrons. The number of ether oxygens (including phenoxy) is 1. The standard InChI is InChI=1S/C20H29N3O3/c1-15-7-9-23(10-8-15)19(24)14-21-17-5-2-4-16(12-17)20(25)22-13-18-6-3-11-26-18/h2,4-5,12,15,18,21H,3,6-11,13-14H2,1H3,(H,22,25). The van der Waals surface area contributed by atoms with E-state index in [0.717, 1.165) is 51.1 Å². The molecule has 0 spiro atoms. The summed E-state index contributed by atoms with van der Waals surface area (Å²) in [5.74, 6) is 0.711. The summed E-state index contributed by atoms with van der Waals surface area (Å²) in [7, 11) is 0. The first-order valence-electron chi connectivity index (χ1n) is 9.63. The Labute approximate surface area is 155 Å². The predicted octanol–water partition coefficient (Wildman–Crippen LogP) is 2.27. The molecule has 0 bridgehead atoms. The van der Waals surface area contributed by atoms with Crippen LogP contribution in [0.2, 0.25) is 0 Å². The van der Waals surface area contributed by atoms with Crippen LogP contribution in [0.1, 0.15) is 43.0 Å². The van der Waals surface area contributed by atoms with Crippen molar-refractivity contribution in [1.29, 1.82) is 0 Å². The zero-order chi connectivity index (χ0) is 18.4. The van der Waals surface area contributed by atoms with E-state index in [1.807, 2.05) is 17.0 Å². The molecule has 2 amide bonds. The number of anilines is 1. The van der Waals surface area contributed by atoms with Crippen molar-refractivity contribution in [2.24, 2.45) is 5.92 Å². The minimum absolute atomic E-state index is 0.111. The van der Waals surface area contributed by atoms with Gasteiger partial charge in [0.1, 0.15) is 0 Å². The highest BCUT2D eigenvalue weighted by atomic mass is 16.5. The van der Waals surface area contributed by atoms with E-state index in [1.165, 1.54) is 0 Å². The molecular formula is C20H29N3O3. The third kappa shape index (κ3) is 5.21. The predicted molar refractivity (Wildman–Crippen MR) is 101 cm³/mol. The zero-order valence-corrected chi connectivity index (χ0v) is 15.5. The number of nitrogens with one attached hydrogen (secondary N) is 2. The molecule has 2 fully saturated rings. The number of carbonyl (C=O) groups excluding carboxylic acids is 2. The molecule has 26 heavy (non-hydrogen) atoms. The van der Waals surface area contributed by atoms with E-state index in [2.05, 4.69) is 17.6 Å². The number of hydrogen-bond donors (Lipinski definition) is 2. The van der Waals surface area contributed by atoms with Gasteiger partial charge in [0.15, 0.2) is 0 Å². The Balaban J connectivity index is 1.47. The van der Waals surface area contributed by atoms with E-state index < -0.39 is 0 Å². The van der Waals surface area contributed by atoms with Crippen molar-refractivity contribution in [2.75, 3.05) is 38.1 Å². The summed E-state index contributed by atoms with van der Waals surface area (Å²) in [5.41, 5.74) is 1.38. The maximum atomic E-state index is 12.3. The normalized spacial score (nSPS) is 20.8. The quantitative estimate of drug-likeness (QED) is 0.817. The maximum Gasteiger partial charge on any atom is 0.251 e. The van der Waals surface area contributed by atoms with Crippen LogP contribution in [-0.4, -0.2) is 55.6 Å². The number of carbonyl (C=O) groups is 2. The van der Waals surface area contributed by atoms with Gasteiger partial charge in [-0.1, -0.05) is 13.0 Å². The van der Waals surface area contributed by atoms with Gasteiger partial charge in [0.25, 0.3) is 5.91 Å². The second-order valence-corrected chi connectivity index (χ2v) is 7.34. The van der Waals surface area contributed by atoms with Crippen molar-refractivity contribution >= 4 is 17.5 Å². The molecule has 3 rings (SSSR count). The molecule has 2 N–H and O–H groups in total. The summed E-state index contributed by atoms with van der Waals surface area (Å²) in [4.78, 5) is 26.5. The van der Waals surface area contributed by atoms with Gasteiger partial charge in [-0.2, -0.15) is 0 Å². The van der Waals surface area contributed by atoms with E-state index in [0.29, 0.717) is 18.0 Å². The second kappa shape index (κ2) is 9.03. The van der Waals surface area contributed by atoms with Crippen molar-refractivity contribution in [3.63, 3.8) is 0 Å². The number of nitrogens with zero attached hydrogens (tertiary/aromatic N) is 1. The first kappa shape index (κ1) is 18.7. The molecule has 6 nitrogen and oxygen atoms in total. The van der Waals surface area contributed by atoms with Gasteiger partial charge in [-0.15, -0.1) is 0 Å². The van der Waals surface area contributed by atoms with Crippen LogP contribution in [0.15, 0.2) is 24.3 Å². The molecular weight excluding hydrogens is 330 g/mol. The summed E-state index contributed by atoms with van der Waals surface area (Å²) in [5, 5.41) is 6.07.